The van der Waals surface area contributed by atoms with E-state index in [1.165, 1.54) is 12.8 Å². The molecule has 0 radical (unpaired) electrons. The van der Waals surface area contributed by atoms with Crippen LogP contribution in [-0.4, -0.2) is 31.1 Å². The first kappa shape index (κ1) is 15.9. The highest BCUT2D eigenvalue weighted by Gasteiger charge is 2.24. The number of rotatable bonds is 8. The summed E-state index contributed by atoms with van der Waals surface area (Å²) in [6.07, 6.45) is 2.45. The number of nitrogens with two attached hydrogens (primary N) is 1. The fourth-order valence-electron chi connectivity index (χ4n) is 1.83. The highest BCUT2D eigenvalue weighted by molar-refractivity contribution is 4.78. The molecule has 0 atom stereocenters. The van der Waals surface area contributed by atoms with Gasteiger partial charge in [0.1, 0.15) is 0 Å². The van der Waals surface area contributed by atoms with E-state index >= 15 is 0 Å². The third-order valence-electron chi connectivity index (χ3n) is 3.66. The Morgan fingerprint density at radius 3 is 1.50 bits per heavy atom. The Balaban J connectivity index is 4.38. The van der Waals surface area contributed by atoms with Gasteiger partial charge in [0.2, 0.25) is 0 Å². The van der Waals surface area contributed by atoms with Crippen molar-refractivity contribution >= 4 is 0 Å². The highest BCUT2D eigenvalue weighted by Crippen LogP contribution is 2.25. The summed E-state index contributed by atoms with van der Waals surface area (Å²) in [6.45, 7) is 18.0. The smallest absolute Gasteiger partial charge is 0.0105 e. The van der Waals surface area contributed by atoms with Gasteiger partial charge in [-0.3, -0.25) is 0 Å². The van der Waals surface area contributed by atoms with Crippen molar-refractivity contribution in [2.45, 2.75) is 54.4 Å². The van der Waals surface area contributed by atoms with Crippen molar-refractivity contribution in [3.05, 3.63) is 0 Å². The maximum atomic E-state index is 5.71. The lowest BCUT2D eigenvalue weighted by Crippen LogP contribution is -2.42. The van der Waals surface area contributed by atoms with E-state index in [0.29, 0.717) is 10.8 Å². The largest absolute Gasteiger partial charge is 0.329 e. The molecule has 0 aromatic carbocycles. The Hall–Kier alpha value is -0.0800. The maximum absolute atomic E-state index is 5.71. The molecule has 2 heteroatoms. The van der Waals surface area contributed by atoms with Crippen LogP contribution in [0.5, 0.6) is 0 Å². The molecular weight excluding hydrogens is 196 g/mol. The standard InChI is InChI=1S/C14H32N2/c1-7-13(3,4)11-16(10-9-15)12-14(5,6)8-2/h7-12,15H2,1-6H3. The molecule has 0 rings (SSSR count). The molecule has 0 aliphatic rings. The molecule has 0 unspecified atom stereocenters. The van der Waals surface area contributed by atoms with Gasteiger partial charge in [0.05, 0.1) is 0 Å². The van der Waals surface area contributed by atoms with Gasteiger partial charge in [-0.2, -0.15) is 0 Å². The predicted octanol–water partition coefficient (Wildman–Crippen LogP) is 3.12. The van der Waals surface area contributed by atoms with Crippen molar-refractivity contribution in [2.75, 3.05) is 26.2 Å². The Bertz CT molecular complexity index is 167. The molecule has 0 heterocycles. The van der Waals surface area contributed by atoms with Gasteiger partial charge in [-0.25, -0.2) is 0 Å². The molecule has 0 spiro atoms. The summed E-state index contributed by atoms with van der Waals surface area (Å²) in [5, 5.41) is 0. The highest BCUT2D eigenvalue weighted by atomic mass is 15.1. The molecule has 2 N–H and O–H groups in total. The van der Waals surface area contributed by atoms with Gasteiger partial charge >= 0.3 is 0 Å². The van der Waals surface area contributed by atoms with E-state index in [9.17, 15) is 0 Å². The van der Waals surface area contributed by atoms with Crippen LogP contribution in [0.1, 0.15) is 54.4 Å². The first-order chi connectivity index (χ1) is 7.26. The molecule has 0 aliphatic carbocycles. The quantitative estimate of drug-likeness (QED) is 0.691. The van der Waals surface area contributed by atoms with E-state index in [1.807, 2.05) is 0 Å². The summed E-state index contributed by atoms with van der Waals surface area (Å²) in [5.74, 6) is 0. The molecule has 0 aromatic heterocycles. The summed E-state index contributed by atoms with van der Waals surface area (Å²) < 4.78 is 0. The fraction of sp³-hybridized carbons (Fsp3) is 1.00. The van der Waals surface area contributed by atoms with E-state index in [4.69, 9.17) is 5.73 Å². The average Bonchev–Trinajstić information content (AvgIpc) is 2.17. The summed E-state index contributed by atoms with van der Waals surface area (Å²) in [6, 6.07) is 0. The molecule has 0 aliphatic heterocycles. The Morgan fingerprint density at radius 2 is 1.25 bits per heavy atom. The lowest BCUT2D eigenvalue weighted by atomic mass is 9.86. The second-order valence-corrected chi connectivity index (χ2v) is 6.53. The van der Waals surface area contributed by atoms with Crippen LogP contribution in [0.4, 0.5) is 0 Å². The second kappa shape index (κ2) is 6.61. The molecule has 98 valence electrons. The van der Waals surface area contributed by atoms with Gasteiger partial charge in [-0.1, -0.05) is 41.5 Å². The van der Waals surface area contributed by atoms with E-state index in [2.05, 4.69) is 46.4 Å². The van der Waals surface area contributed by atoms with Crippen molar-refractivity contribution in [1.29, 1.82) is 0 Å². The van der Waals surface area contributed by atoms with Crippen LogP contribution in [-0.2, 0) is 0 Å². The van der Waals surface area contributed by atoms with Crippen molar-refractivity contribution < 1.29 is 0 Å². The van der Waals surface area contributed by atoms with Gasteiger partial charge < -0.3 is 10.6 Å². The third-order valence-corrected chi connectivity index (χ3v) is 3.66. The van der Waals surface area contributed by atoms with E-state index in [0.717, 1.165) is 26.2 Å². The van der Waals surface area contributed by atoms with Gasteiger partial charge in [0.25, 0.3) is 0 Å². The molecular formula is C14H32N2. The lowest BCUT2D eigenvalue weighted by Gasteiger charge is -2.36. The Kier molecular flexibility index (Phi) is 6.57. The lowest BCUT2D eigenvalue weighted by molar-refractivity contribution is 0.123. The minimum absolute atomic E-state index is 0.402. The SMILES string of the molecule is CCC(C)(C)CN(CCN)CC(C)(C)CC. The van der Waals surface area contributed by atoms with Crippen LogP contribution in [0.15, 0.2) is 0 Å². The minimum atomic E-state index is 0.402. The first-order valence-corrected chi connectivity index (χ1v) is 6.69. The number of hydrogen-bond donors (Lipinski definition) is 1. The van der Waals surface area contributed by atoms with E-state index in [1.54, 1.807) is 0 Å². The van der Waals surface area contributed by atoms with Gasteiger partial charge in [0, 0.05) is 26.2 Å². The topological polar surface area (TPSA) is 29.3 Å². The zero-order valence-corrected chi connectivity index (χ0v) is 12.3. The van der Waals surface area contributed by atoms with Crippen LogP contribution in [0.25, 0.3) is 0 Å². The van der Waals surface area contributed by atoms with Gasteiger partial charge in [0.15, 0.2) is 0 Å². The van der Waals surface area contributed by atoms with Crippen molar-refractivity contribution in [1.82, 2.24) is 4.90 Å². The van der Waals surface area contributed by atoms with Gasteiger partial charge in [-0.05, 0) is 23.7 Å². The summed E-state index contributed by atoms with van der Waals surface area (Å²) in [5.41, 5.74) is 6.51. The van der Waals surface area contributed by atoms with Crippen molar-refractivity contribution in [3.8, 4) is 0 Å². The molecule has 0 fully saturated rings. The zero-order chi connectivity index (χ0) is 12.8. The van der Waals surface area contributed by atoms with Crippen LogP contribution < -0.4 is 5.73 Å². The molecule has 0 saturated heterocycles. The van der Waals surface area contributed by atoms with Crippen LogP contribution in [0.2, 0.25) is 0 Å². The van der Waals surface area contributed by atoms with Crippen LogP contribution in [0, 0.1) is 10.8 Å². The Morgan fingerprint density at radius 1 is 0.875 bits per heavy atom. The van der Waals surface area contributed by atoms with E-state index in [-0.39, 0.29) is 0 Å². The van der Waals surface area contributed by atoms with Crippen LogP contribution in [0.3, 0.4) is 0 Å². The summed E-state index contributed by atoms with van der Waals surface area (Å²) in [4.78, 5) is 2.53. The van der Waals surface area contributed by atoms with Crippen molar-refractivity contribution in [2.24, 2.45) is 16.6 Å². The molecule has 0 saturated carbocycles. The minimum Gasteiger partial charge on any atom is -0.329 e. The summed E-state index contributed by atoms with van der Waals surface area (Å²) in [7, 11) is 0. The summed E-state index contributed by atoms with van der Waals surface area (Å²) >= 11 is 0. The zero-order valence-electron chi connectivity index (χ0n) is 12.3. The maximum Gasteiger partial charge on any atom is 0.0105 e. The molecule has 16 heavy (non-hydrogen) atoms. The molecule has 0 bridgehead atoms. The number of hydrogen-bond acceptors (Lipinski definition) is 2. The van der Waals surface area contributed by atoms with E-state index < -0.39 is 0 Å². The predicted molar refractivity (Wildman–Crippen MR) is 73.6 cm³/mol. The second-order valence-electron chi connectivity index (χ2n) is 6.53. The normalized spacial score (nSPS) is 13.5. The molecule has 2 nitrogen and oxygen atoms in total. The average molecular weight is 228 g/mol. The van der Waals surface area contributed by atoms with Crippen LogP contribution >= 0.6 is 0 Å². The first-order valence-electron chi connectivity index (χ1n) is 6.69. The fourth-order valence-corrected chi connectivity index (χ4v) is 1.83. The number of nitrogens with zero attached hydrogens (tertiary/aromatic N) is 1. The van der Waals surface area contributed by atoms with Gasteiger partial charge in [-0.15, -0.1) is 0 Å². The third kappa shape index (κ3) is 6.49. The van der Waals surface area contributed by atoms with Crippen molar-refractivity contribution in [3.63, 3.8) is 0 Å². The molecule has 0 aromatic rings. The molecule has 0 amide bonds. The Labute approximate surface area is 103 Å². The monoisotopic (exact) mass is 228 g/mol.